The highest BCUT2D eigenvalue weighted by molar-refractivity contribution is 6.25. The fourth-order valence-corrected chi connectivity index (χ4v) is 4.60. The Labute approximate surface area is 203 Å². The van der Waals surface area contributed by atoms with Crippen LogP contribution in [0.2, 0.25) is 0 Å². The number of imide groups is 1. The zero-order valence-electron chi connectivity index (χ0n) is 19.5. The lowest BCUT2D eigenvalue weighted by Crippen LogP contribution is -2.46. The molecule has 35 heavy (non-hydrogen) atoms. The molecule has 0 aromatic heterocycles. The van der Waals surface area contributed by atoms with Crippen LogP contribution in [-0.4, -0.2) is 42.8 Å². The summed E-state index contributed by atoms with van der Waals surface area (Å²) < 4.78 is 5.51. The molecule has 0 spiro atoms. The Bertz CT molecular complexity index is 1430. The number of hydrogen-bond donors (Lipinski definition) is 0. The number of hydrogen-bond acceptors (Lipinski definition) is 4. The Morgan fingerprint density at radius 3 is 2.17 bits per heavy atom. The number of amides is 3. The number of rotatable bonds is 6. The second kappa shape index (κ2) is 9.06. The van der Waals surface area contributed by atoms with Gasteiger partial charge in [0.25, 0.3) is 17.7 Å². The number of anilines is 1. The van der Waals surface area contributed by atoms with E-state index in [4.69, 9.17) is 4.74 Å². The van der Waals surface area contributed by atoms with Crippen molar-refractivity contribution in [2.24, 2.45) is 0 Å². The van der Waals surface area contributed by atoms with Crippen LogP contribution in [0.5, 0.6) is 5.75 Å². The lowest BCUT2D eigenvalue weighted by atomic mass is 9.94. The van der Waals surface area contributed by atoms with Crippen molar-refractivity contribution in [3.05, 3.63) is 107 Å². The van der Waals surface area contributed by atoms with Gasteiger partial charge in [0.15, 0.2) is 0 Å². The van der Waals surface area contributed by atoms with Crippen molar-refractivity contribution in [3.63, 3.8) is 0 Å². The third-order valence-corrected chi connectivity index (χ3v) is 6.29. The molecule has 4 aromatic rings. The highest BCUT2D eigenvalue weighted by Crippen LogP contribution is 2.32. The number of carbonyl (C=O) groups is 3. The zero-order chi connectivity index (χ0) is 24.5. The van der Waals surface area contributed by atoms with Crippen molar-refractivity contribution >= 4 is 34.2 Å². The van der Waals surface area contributed by atoms with Gasteiger partial charge in [0.2, 0.25) is 0 Å². The first-order valence-corrected chi connectivity index (χ1v) is 11.4. The highest BCUT2D eigenvalue weighted by Gasteiger charge is 2.33. The van der Waals surface area contributed by atoms with Crippen LogP contribution < -0.4 is 9.64 Å². The summed E-state index contributed by atoms with van der Waals surface area (Å²) in [6.07, 6.45) is 0. The number of carbonyl (C=O) groups excluding carboxylic acids is 3. The molecule has 0 saturated heterocycles. The first-order valence-electron chi connectivity index (χ1n) is 11.4. The number of nitrogens with zero attached hydrogens (tertiary/aromatic N) is 2. The first-order chi connectivity index (χ1) is 17.0. The molecule has 1 aliphatic rings. The van der Waals surface area contributed by atoms with E-state index in [0.29, 0.717) is 33.5 Å². The molecule has 0 atom stereocenters. The molecule has 0 aliphatic carbocycles. The van der Waals surface area contributed by atoms with E-state index < -0.39 is 0 Å². The molecule has 4 aromatic carbocycles. The summed E-state index contributed by atoms with van der Waals surface area (Å²) in [5, 5.41) is 1.53. The van der Waals surface area contributed by atoms with Gasteiger partial charge in [0, 0.05) is 35.2 Å². The molecule has 3 amide bonds. The van der Waals surface area contributed by atoms with Crippen LogP contribution in [0.25, 0.3) is 10.8 Å². The summed E-state index contributed by atoms with van der Waals surface area (Å²) in [7, 11) is 1.55. The Kier molecular flexibility index (Phi) is 5.79. The minimum Gasteiger partial charge on any atom is -0.495 e. The van der Waals surface area contributed by atoms with Gasteiger partial charge >= 0.3 is 0 Å². The van der Waals surface area contributed by atoms with Crippen molar-refractivity contribution in [1.82, 2.24) is 4.90 Å². The highest BCUT2D eigenvalue weighted by atomic mass is 16.5. The fraction of sp³-hybridized carbons (Fsp3) is 0.138. The van der Waals surface area contributed by atoms with E-state index in [1.54, 1.807) is 42.3 Å². The molecule has 0 saturated carbocycles. The van der Waals surface area contributed by atoms with E-state index in [2.05, 4.69) is 0 Å². The maximum absolute atomic E-state index is 13.6. The summed E-state index contributed by atoms with van der Waals surface area (Å²) >= 11 is 0. The standard InChI is InChI=1S/C29H24N2O4/c1-19-8-5-11-21(18-19)27(32)30(24-14-3-4-15-25(24)35-2)16-17-31-28(33)22-12-6-9-20-10-7-13-23(26(20)22)29(31)34/h3-15,18H,16-17H2,1-2H3. The summed E-state index contributed by atoms with van der Waals surface area (Å²) in [5.74, 6) is -0.429. The first kappa shape index (κ1) is 22.3. The second-order valence-corrected chi connectivity index (χ2v) is 8.47. The number of benzene rings is 4. The predicted molar refractivity (Wildman–Crippen MR) is 135 cm³/mol. The van der Waals surface area contributed by atoms with Crippen molar-refractivity contribution in [3.8, 4) is 5.75 Å². The van der Waals surface area contributed by atoms with Gasteiger partial charge in [-0.3, -0.25) is 19.3 Å². The minimum atomic E-state index is -0.359. The Morgan fingerprint density at radius 1 is 0.857 bits per heavy atom. The fourth-order valence-electron chi connectivity index (χ4n) is 4.60. The monoisotopic (exact) mass is 464 g/mol. The Balaban J connectivity index is 1.50. The van der Waals surface area contributed by atoms with Gasteiger partial charge in [-0.15, -0.1) is 0 Å². The molecule has 6 heteroatoms. The quantitative estimate of drug-likeness (QED) is 0.373. The minimum absolute atomic E-state index is 0.0397. The van der Waals surface area contributed by atoms with Crippen LogP contribution in [0.4, 0.5) is 5.69 Å². The average Bonchev–Trinajstić information content (AvgIpc) is 2.89. The topological polar surface area (TPSA) is 66.9 Å². The lowest BCUT2D eigenvalue weighted by Gasteiger charge is -2.30. The number of ether oxygens (including phenoxy) is 1. The third kappa shape index (κ3) is 3.93. The predicted octanol–water partition coefficient (Wildman–Crippen LogP) is 5.10. The van der Waals surface area contributed by atoms with E-state index in [1.165, 1.54) is 4.90 Å². The average molecular weight is 465 g/mol. The van der Waals surface area contributed by atoms with E-state index in [9.17, 15) is 14.4 Å². The van der Waals surface area contributed by atoms with Gasteiger partial charge in [0.05, 0.1) is 12.8 Å². The number of aryl methyl sites for hydroxylation is 1. The van der Waals surface area contributed by atoms with Crippen LogP contribution in [0.3, 0.4) is 0 Å². The van der Waals surface area contributed by atoms with E-state index >= 15 is 0 Å². The maximum atomic E-state index is 13.6. The van der Waals surface area contributed by atoms with Crippen LogP contribution in [0.1, 0.15) is 36.6 Å². The largest absolute Gasteiger partial charge is 0.495 e. The van der Waals surface area contributed by atoms with Crippen molar-refractivity contribution < 1.29 is 19.1 Å². The smallest absolute Gasteiger partial charge is 0.261 e. The molecule has 0 bridgehead atoms. The zero-order valence-corrected chi connectivity index (χ0v) is 19.5. The molecule has 0 radical (unpaired) electrons. The van der Waals surface area contributed by atoms with Gasteiger partial charge in [-0.2, -0.15) is 0 Å². The van der Waals surface area contributed by atoms with Gasteiger partial charge < -0.3 is 9.64 Å². The van der Waals surface area contributed by atoms with Crippen LogP contribution in [0, 0.1) is 6.92 Å². The van der Waals surface area contributed by atoms with Crippen molar-refractivity contribution in [2.45, 2.75) is 6.92 Å². The Morgan fingerprint density at radius 2 is 1.51 bits per heavy atom. The Hall–Kier alpha value is -4.45. The summed E-state index contributed by atoms with van der Waals surface area (Å²) in [6.45, 7) is 2.08. The maximum Gasteiger partial charge on any atom is 0.261 e. The molecule has 174 valence electrons. The summed E-state index contributed by atoms with van der Waals surface area (Å²) in [6, 6.07) is 25.4. The van der Waals surface area contributed by atoms with Crippen molar-refractivity contribution in [1.29, 1.82) is 0 Å². The number of para-hydroxylation sites is 2. The molecule has 5 rings (SSSR count). The van der Waals surface area contributed by atoms with Gasteiger partial charge in [0.1, 0.15) is 5.75 Å². The molecule has 0 fully saturated rings. The normalized spacial score (nSPS) is 12.7. The molecular formula is C29H24N2O4. The molecule has 0 N–H and O–H groups in total. The summed E-state index contributed by atoms with van der Waals surface area (Å²) in [4.78, 5) is 43.1. The van der Waals surface area contributed by atoms with E-state index in [1.807, 2.05) is 61.5 Å². The molecular weight excluding hydrogens is 440 g/mol. The van der Waals surface area contributed by atoms with Gasteiger partial charge in [-0.1, -0.05) is 54.1 Å². The third-order valence-electron chi connectivity index (χ3n) is 6.29. The van der Waals surface area contributed by atoms with Crippen LogP contribution in [0.15, 0.2) is 84.9 Å². The SMILES string of the molecule is COc1ccccc1N(CCN1C(=O)c2cccc3cccc(c23)C1=O)C(=O)c1cccc(C)c1. The number of methoxy groups -OCH3 is 1. The van der Waals surface area contributed by atoms with E-state index in [-0.39, 0.29) is 30.8 Å². The molecule has 1 aliphatic heterocycles. The molecule has 6 nitrogen and oxygen atoms in total. The van der Waals surface area contributed by atoms with Gasteiger partial charge in [-0.25, -0.2) is 0 Å². The van der Waals surface area contributed by atoms with Crippen molar-refractivity contribution in [2.75, 3.05) is 25.1 Å². The molecule has 0 unspecified atom stereocenters. The molecule has 1 heterocycles. The van der Waals surface area contributed by atoms with Crippen LogP contribution in [-0.2, 0) is 0 Å². The van der Waals surface area contributed by atoms with Gasteiger partial charge in [-0.05, 0) is 48.7 Å². The van der Waals surface area contributed by atoms with E-state index in [0.717, 1.165) is 10.9 Å². The second-order valence-electron chi connectivity index (χ2n) is 8.47. The lowest BCUT2D eigenvalue weighted by molar-refractivity contribution is 0.0611. The summed E-state index contributed by atoms with van der Waals surface area (Å²) in [5.41, 5.74) is 3.03. The van der Waals surface area contributed by atoms with Crippen LogP contribution >= 0.6 is 0 Å².